The summed E-state index contributed by atoms with van der Waals surface area (Å²) in [5.74, 6) is 0.774. The topological polar surface area (TPSA) is 9.23 Å². The van der Waals surface area contributed by atoms with Crippen molar-refractivity contribution in [2.75, 3.05) is 6.61 Å². The molecule has 0 aliphatic heterocycles. The predicted molar refractivity (Wildman–Crippen MR) is 116 cm³/mol. The van der Waals surface area contributed by atoms with Crippen LogP contribution in [0.15, 0.2) is 36.9 Å². The summed E-state index contributed by atoms with van der Waals surface area (Å²) < 4.78 is 33.8. The van der Waals surface area contributed by atoms with E-state index in [4.69, 9.17) is 4.74 Å². The molecule has 0 N–H and O–H groups in total. The van der Waals surface area contributed by atoms with Crippen LogP contribution < -0.4 is 4.74 Å². The van der Waals surface area contributed by atoms with Gasteiger partial charge in [0.15, 0.2) is 11.6 Å². The van der Waals surface area contributed by atoms with E-state index in [1.54, 1.807) is 19.1 Å². The fraction of sp³-hybridized carbons (Fsp3) is 0.615. The first-order valence-corrected chi connectivity index (χ1v) is 11.5. The molecular weight excluding hydrogens is 366 g/mol. The summed E-state index contributed by atoms with van der Waals surface area (Å²) in [6, 6.07) is 3.29. The van der Waals surface area contributed by atoms with Gasteiger partial charge in [-0.3, -0.25) is 0 Å². The highest BCUT2D eigenvalue weighted by molar-refractivity contribution is 5.33. The van der Waals surface area contributed by atoms with Crippen LogP contribution in [0.2, 0.25) is 0 Å². The van der Waals surface area contributed by atoms with Gasteiger partial charge in [0.2, 0.25) is 5.82 Å². The number of hydrogen-bond acceptors (Lipinski definition) is 1. The Morgan fingerprint density at radius 2 is 1.66 bits per heavy atom. The Morgan fingerprint density at radius 1 is 0.966 bits per heavy atom. The zero-order valence-electron chi connectivity index (χ0n) is 17.8. The summed E-state index contributed by atoms with van der Waals surface area (Å²) in [7, 11) is 0. The summed E-state index contributed by atoms with van der Waals surface area (Å²) in [6.45, 7) is 6.03. The number of ether oxygens (including phenoxy) is 1. The van der Waals surface area contributed by atoms with E-state index in [9.17, 15) is 8.78 Å². The van der Waals surface area contributed by atoms with Gasteiger partial charge < -0.3 is 4.74 Å². The van der Waals surface area contributed by atoms with Crippen LogP contribution in [0.25, 0.3) is 0 Å². The molecular formula is C26H36F2O. The molecule has 0 aromatic heterocycles. The average molecular weight is 403 g/mol. The van der Waals surface area contributed by atoms with Crippen molar-refractivity contribution in [3.8, 4) is 5.75 Å². The van der Waals surface area contributed by atoms with E-state index < -0.39 is 11.6 Å². The normalized spacial score (nSPS) is 27.8. The van der Waals surface area contributed by atoms with Gasteiger partial charge in [-0.25, -0.2) is 4.39 Å². The van der Waals surface area contributed by atoms with Gasteiger partial charge >= 0.3 is 0 Å². The standard InChI is InChI=1S/C26H36F2O/c1-3-19-9-11-20(12-10-19)7-5-6-8-21-13-15-22(16-14-21)23-17-18-24(29-4-2)26(28)25(23)27/h3,6,8,17-22H,1,4-5,7,9-16H2,2H3/b8-6+. The Morgan fingerprint density at radius 3 is 2.31 bits per heavy atom. The molecule has 0 spiro atoms. The Bertz CT molecular complexity index is 680. The lowest BCUT2D eigenvalue weighted by atomic mass is 9.78. The van der Waals surface area contributed by atoms with Crippen molar-refractivity contribution in [1.29, 1.82) is 0 Å². The van der Waals surface area contributed by atoms with E-state index in [1.165, 1.54) is 38.5 Å². The third-order valence-corrected chi connectivity index (χ3v) is 6.96. The van der Waals surface area contributed by atoms with Gasteiger partial charge in [-0.05, 0) is 106 Å². The highest BCUT2D eigenvalue weighted by Crippen LogP contribution is 2.39. The lowest BCUT2D eigenvalue weighted by molar-refractivity contribution is 0.297. The van der Waals surface area contributed by atoms with Gasteiger partial charge in [-0.1, -0.05) is 24.3 Å². The molecule has 0 saturated heterocycles. The lowest BCUT2D eigenvalue weighted by Gasteiger charge is -2.28. The largest absolute Gasteiger partial charge is 0.491 e. The van der Waals surface area contributed by atoms with Crippen LogP contribution >= 0.6 is 0 Å². The van der Waals surface area contributed by atoms with E-state index in [2.05, 4.69) is 24.8 Å². The second-order valence-electron chi connectivity index (χ2n) is 8.85. The molecule has 3 rings (SSSR count). The average Bonchev–Trinajstić information content (AvgIpc) is 2.76. The molecule has 0 unspecified atom stereocenters. The first-order valence-electron chi connectivity index (χ1n) is 11.5. The van der Waals surface area contributed by atoms with Gasteiger partial charge in [0.25, 0.3) is 0 Å². The molecule has 0 atom stereocenters. The third kappa shape index (κ3) is 5.93. The van der Waals surface area contributed by atoms with Gasteiger partial charge in [-0.2, -0.15) is 4.39 Å². The van der Waals surface area contributed by atoms with Crippen LogP contribution in [0, 0.1) is 29.4 Å². The van der Waals surface area contributed by atoms with Gasteiger partial charge in [0.1, 0.15) is 0 Å². The fourth-order valence-corrected chi connectivity index (χ4v) is 5.08. The first kappa shape index (κ1) is 22.1. The molecule has 2 aliphatic rings. The SMILES string of the molecule is C=CC1CCC(CC/C=C/C2CCC(c3ccc(OCC)c(F)c3F)CC2)CC1. The van der Waals surface area contributed by atoms with Gasteiger partial charge in [-0.15, -0.1) is 6.58 Å². The number of allylic oxidation sites excluding steroid dienone is 3. The van der Waals surface area contributed by atoms with Gasteiger partial charge in [0, 0.05) is 0 Å². The molecule has 3 heteroatoms. The second kappa shape index (κ2) is 10.9. The molecule has 0 heterocycles. The van der Waals surface area contributed by atoms with E-state index in [0.717, 1.165) is 37.5 Å². The second-order valence-corrected chi connectivity index (χ2v) is 8.85. The molecule has 2 aliphatic carbocycles. The summed E-state index contributed by atoms with van der Waals surface area (Å²) in [5.41, 5.74) is 0.517. The van der Waals surface area contributed by atoms with Crippen molar-refractivity contribution >= 4 is 0 Å². The summed E-state index contributed by atoms with van der Waals surface area (Å²) in [6.07, 6.45) is 18.6. The van der Waals surface area contributed by atoms with Crippen molar-refractivity contribution in [2.24, 2.45) is 17.8 Å². The smallest absolute Gasteiger partial charge is 0.200 e. The summed E-state index contributed by atoms with van der Waals surface area (Å²) >= 11 is 0. The Hall–Kier alpha value is -1.64. The molecule has 1 nitrogen and oxygen atoms in total. The maximum absolute atomic E-state index is 14.5. The van der Waals surface area contributed by atoms with Crippen LogP contribution in [-0.4, -0.2) is 6.61 Å². The molecule has 2 fully saturated rings. The zero-order chi connectivity index (χ0) is 20.6. The highest BCUT2D eigenvalue weighted by Gasteiger charge is 2.26. The lowest BCUT2D eigenvalue weighted by Crippen LogP contribution is -2.14. The molecule has 2 saturated carbocycles. The predicted octanol–water partition coefficient (Wildman–Crippen LogP) is 7.97. The zero-order valence-corrected chi connectivity index (χ0v) is 17.8. The van der Waals surface area contributed by atoms with Crippen LogP contribution in [-0.2, 0) is 0 Å². The Balaban J connectivity index is 1.42. The van der Waals surface area contributed by atoms with E-state index in [0.29, 0.717) is 18.1 Å². The highest BCUT2D eigenvalue weighted by atomic mass is 19.2. The van der Waals surface area contributed by atoms with Crippen molar-refractivity contribution < 1.29 is 13.5 Å². The molecule has 0 bridgehead atoms. The van der Waals surface area contributed by atoms with Crippen molar-refractivity contribution in [1.82, 2.24) is 0 Å². The monoisotopic (exact) mass is 402 g/mol. The number of halogens is 2. The van der Waals surface area contributed by atoms with E-state index in [1.807, 2.05) is 0 Å². The molecule has 160 valence electrons. The molecule has 0 amide bonds. The van der Waals surface area contributed by atoms with Crippen molar-refractivity contribution in [3.63, 3.8) is 0 Å². The van der Waals surface area contributed by atoms with Crippen LogP contribution in [0.1, 0.15) is 82.6 Å². The van der Waals surface area contributed by atoms with Crippen LogP contribution in [0.3, 0.4) is 0 Å². The Kier molecular flexibility index (Phi) is 8.32. The Labute approximate surface area is 175 Å². The maximum atomic E-state index is 14.5. The summed E-state index contributed by atoms with van der Waals surface area (Å²) in [5, 5.41) is 0. The number of benzene rings is 1. The quantitative estimate of drug-likeness (QED) is 0.401. The minimum absolute atomic E-state index is 0.0170. The van der Waals surface area contributed by atoms with E-state index in [-0.39, 0.29) is 11.7 Å². The van der Waals surface area contributed by atoms with Crippen LogP contribution in [0.5, 0.6) is 5.75 Å². The number of hydrogen-bond donors (Lipinski definition) is 0. The third-order valence-electron chi connectivity index (χ3n) is 6.96. The fourth-order valence-electron chi connectivity index (χ4n) is 5.08. The van der Waals surface area contributed by atoms with Crippen molar-refractivity contribution in [2.45, 2.75) is 77.0 Å². The summed E-state index contributed by atoms with van der Waals surface area (Å²) in [4.78, 5) is 0. The maximum Gasteiger partial charge on any atom is 0.200 e. The minimum Gasteiger partial charge on any atom is -0.491 e. The van der Waals surface area contributed by atoms with Gasteiger partial charge in [0.05, 0.1) is 6.61 Å². The minimum atomic E-state index is -0.839. The molecule has 1 aromatic carbocycles. The molecule has 1 aromatic rings. The van der Waals surface area contributed by atoms with Crippen LogP contribution in [0.4, 0.5) is 8.78 Å². The molecule has 0 radical (unpaired) electrons. The number of rotatable bonds is 8. The first-order chi connectivity index (χ1) is 14.1. The molecule has 29 heavy (non-hydrogen) atoms. The van der Waals surface area contributed by atoms with E-state index >= 15 is 0 Å². The van der Waals surface area contributed by atoms with Crippen molar-refractivity contribution in [3.05, 3.63) is 54.1 Å².